The Morgan fingerprint density at radius 2 is 0.957 bits per heavy atom. The first kappa shape index (κ1) is 24.4. The molecule has 0 unspecified atom stereocenters. The van der Waals surface area contributed by atoms with Crippen LogP contribution >= 0.6 is 0 Å². The lowest BCUT2D eigenvalue weighted by atomic mass is 10.0. The summed E-state index contributed by atoms with van der Waals surface area (Å²) in [4.78, 5) is 0. The van der Waals surface area contributed by atoms with Crippen molar-refractivity contribution in [3.8, 4) is 0 Å². The van der Waals surface area contributed by atoms with Gasteiger partial charge in [0.15, 0.2) is 0 Å². The van der Waals surface area contributed by atoms with E-state index >= 15 is 0 Å². The standard InChI is InChI=1S/C19H40N2.2HI/c1-3-4-5-6-7-8-9-10-11-12-13-21-17-14-20(2,15-18-21)16-19-21;;/h3-19H2,1-2H3;2*1H/q+2;;/p-2. The van der Waals surface area contributed by atoms with Gasteiger partial charge in [-0.1, -0.05) is 58.3 Å². The molecule has 2 nitrogen and oxygen atoms in total. The van der Waals surface area contributed by atoms with Crippen molar-refractivity contribution >= 4 is 0 Å². The Balaban J connectivity index is 0.00000242. The van der Waals surface area contributed by atoms with Crippen molar-refractivity contribution < 1.29 is 56.9 Å². The van der Waals surface area contributed by atoms with Crippen LogP contribution in [-0.4, -0.2) is 61.8 Å². The maximum Gasteiger partial charge on any atom is 0.129 e. The number of quaternary nitrogens is 2. The van der Waals surface area contributed by atoms with Crippen LogP contribution in [0.1, 0.15) is 71.1 Å². The van der Waals surface area contributed by atoms with Gasteiger partial charge in [-0.3, -0.25) is 0 Å². The Kier molecular flexibility index (Phi) is 13.4. The van der Waals surface area contributed by atoms with Crippen LogP contribution in [0.25, 0.3) is 0 Å². The molecule has 3 saturated heterocycles. The van der Waals surface area contributed by atoms with E-state index in [4.69, 9.17) is 0 Å². The molecular weight excluding hydrogens is 510 g/mol. The molecule has 3 aliphatic rings. The zero-order valence-electron chi connectivity index (χ0n) is 15.7. The predicted octanol–water partition coefficient (Wildman–Crippen LogP) is -1.79. The second-order valence-corrected chi connectivity index (χ2v) is 8.21. The third-order valence-corrected chi connectivity index (χ3v) is 6.33. The first-order chi connectivity index (χ1) is 10.2. The molecule has 0 radical (unpaired) electrons. The summed E-state index contributed by atoms with van der Waals surface area (Å²) >= 11 is 0. The highest BCUT2D eigenvalue weighted by Crippen LogP contribution is 2.25. The number of fused-ring (bicyclic) bond motifs is 3. The number of nitrogens with zero attached hydrogens (tertiary/aromatic N) is 2. The normalized spacial score (nSPS) is 29.0. The summed E-state index contributed by atoms with van der Waals surface area (Å²) in [6.45, 7) is 12.5. The highest BCUT2D eigenvalue weighted by molar-refractivity contribution is 4.60. The van der Waals surface area contributed by atoms with Crippen molar-refractivity contribution in [2.45, 2.75) is 71.1 Å². The third kappa shape index (κ3) is 8.54. The van der Waals surface area contributed by atoms with Crippen molar-refractivity contribution in [3.63, 3.8) is 0 Å². The van der Waals surface area contributed by atoms with Gasteiger partial charge in [0.25, 0.3) is 0 Å². The Hall–Kier alpha value is 1.38. The third-order valence-electron chi connectivity index (χ3n) is 6.33. The van der Waals surface area contributed by atoms with Crippen LogP contribution in [0.5, 0.6) is 0 Å². The van der Waals surface area contributed by atoms with Gasteiger partial charge in [0, 0.05) is 0 Å². The average Bonchev–Trinajstić information content (AvgIpc) is 2.51. The zero-order chi connectivity index (χ0) is 15.0. The SMILES string of the molecule is CCCCCCCCCCCC[N+]12CC[N+](C)(CC1)CC2.[I-].[I-]. The van der Waals surface area contributed by atoms with E-state index in [1.54, 1.807) is 0 Å². The molecule has 0 aromatic heterocycles. The Labute approximate surface area is 180 Å². The van der Waals surface area contributed by atoms with Gasteiger partial charge in [-0.15, -0.1) is 0 Å². The molecule has 3 rings (SSSR count). The van der Waals surface area contributed by atoms with Crippen LogP contribution in [-0.2, 0) is 0 Å². The van der Waals surface area contributed by atoms with E-state index in [1.165, 1.54) is 119 Å². The van der Waals surface area contributed by atoms with E-state index in [0.29, 0.717) is 0 Å². The summed E-state index contributed by atoms with van der Waals surface area (Å²) in [7, 11) is 2.47. The molecule has 3 aliphatic heterocycles. The summed E-state index contributed by atoms with van der Waals surface area (Å²) in [6.07, 6.45) is 14.7. The molecule has 0 aromatic rings. The first-order valence-electron chi connectivity index (χ1n) is 9.87. The predicted molar refractivity (Wildman–Crippen MR) is 92.4 cm³/mol. The number of piperazine rings is 3. The quantitative estimate of drug-likeness (QED) is 0.162. The minimum atomic E-state index is 0. The van der Waals surface area contributed by atoms with Crippen LogP contribution < -0.4 is 48.0 Å². The van der Waals surface area contributed by atoms with Crippen molar-refractivity contribution in [1.82, 2.24) is 0 Å². The number of rotatable bonds is 11. The van der Waals surface area contributed by atoms with Crippen molar-refractivity contribution in [2.75, 3.05) is 52.9 Å². The zero-order valence-corrected chi connectivity index (χ0v) is 20.0. The summed E-state index contributed by atoms with van der Waals surface area (Å²) in [5.41, 5.74) is 0. The molecule has 23 heavy (non-hydrogen) atoms. The highest BCUT2D eigenvalue weighted by Gasteiger charge is 2.45. The maximum atomic E-state index is 2.47. The van der Waals surface area contributed by atoms with E-state index in [1.807, 2.05) is 0 Å². The van der Waals surface area contributed by atoms with Gasteiger partial charge in [0.05, 0.1) is 13.6 Å². The number of halogens is 2. The molecule has 3 fully saturated rings. The number of hydrogen-bond acceptors (Lipinski definition) is 0. The molecule has 0 N–H and O–H groups in total. The molecule has 0 saturated carbocycles. The van der Waals surface area contributed by atoms with Crippen LogP contribution in [0.4, 0.5) is 0 Å². The molecule has 0 spiro atoms. The fraction of sp³-hybridized carbons (Fsp3) is 1.00. The van der Waals surface area contributed by atoms with Crippen molar-refractivity contribution in [3.05, 3.63) is 0 Å². The molecule has 4 heteroatoms. The minimum Gasteiger partial charge on any atom is -1.00 e. The van der Waals surface area contributed by atoms with Crippen molar-refractivity contribution in [1.29, 1.82) is 0 Å². The van der Waals surface area contributed by atoms with E-state index in [2.05, 4.69) is 14.0 Å². The Morgan fingerprint density at radius 1 is 0.565 bits per heavy atom. The molecule has 0 atom stereocenters. The second kappa shape index (κ2) is 12.7. The van der Waals surface area contributed by atoms with Gasteiger partial charge in [0.2, 0.25) is 0 Å². The van der Waals surface area contributed by atoms with E-state index in [9.17, 15) is 0 Å². The lowest BCUT2D eigenvalue weighted by Crippen LogP contribution is -3.00. The van der Waals surface area contributed by atoms with Gasteiger partial charge in [-0.2, -0.15) is 0 Å². The van der Waals surface area contributed by atoms with Gasteiger partial charge >= 0.3 is 0 Å². The van der Waals surface area contributed by atoms with Crippen LogP contribution in [0.2, 0.25) is 0 Å². The van der Waals surface area contributed by atoms with E-state index < -0.39 is 0 Å². The summed E-state index contributed by atoms with van der Waals surface area (Å²) in [6, 6.07) is 0. The average molecular weight is 550 g/mol. The van der Waals surface area contributed by atoms with Crippen LogP contribution in [0, 0.1) is 0 Å². The summed E-state index contributed by atoms with van der Waals surface area (Å²) < 4.78 is 2.85. The number of likely N-dealkylation sites (N-methyl/N-ethyl adjacent to an activating group) is 1. The molecule has 0 aromatic carbocycles. The largest absolute Gasteiger partial charge is 1.00 e. The molecule has 3 heterocycles. The highest BCUT2D eigenvalue weighted by atomic mass is 127. The Morgan fingerprint density at radius 3 is 1.39 bits per heavy atom. The molecule has 0 aliphatic carbocycles. The monoisotopic (exact) mass is 550 g/mol. The fourth-order valence-electron chi connectivity index (χ4n) is 4.30. The van der Waals surface area contributed by atoms with E-state index in [-0.39, 0.29) is 48.0 Å². The first-order valence-corrected chi connectivity index (χ1v) is 9.87. The molecular formula is C19H40I2N2. The number of unbranched alkanes of at least 4 members (excludes halogenated alkanes) is 9. The summed E-state index contributed by atoms with van der Waals surface area (Å²) in [5.74, 6) is 0. The summed E-state index contributed by atoms with van der Waals surface area (Å²) in [5, 5.41) is 0. The molecule has 0 amide bonds. The van der Waals surface area contributed by atoms with Gasteiger partial charge in [-0.05, 0) is 12.8 Å². The lowest BCUT2D eigenvalue weighted by Gasteiger charge is -2.54. The fourth-order valence-corrected chi connectivity index (χ4v) is 4.30. The molecule has 140 valence electrons. The maximum absolute atomic E-state index is 2.47. The number of hydrogen-bond donors (Lipinski definition) is 0. The van der Waals surface area contributed by atoms with Crippen LogP contribution in [0.3, 0.4) is 0 Å². The topological polar surface area (TPSA) is 0 Å². The molecule has 2 bridgehead atoms. The van der Waals surface area contributed by atoms with Crippen LogP contribution in [0.15, 0.2) is 0 Å². The van der Waals surface area contributed by atoms with Gasteiger partial charge in [-0.25, -0.2) is 0 Å². The smallest absolute Gasteiger partial charge is 0.129 e. The lowest BCUT2D eigenvalue weighted by molar-refractivity contribution is -1.07. The van der Waals surface area contributed by atoms with Gasteiger partial charge < -0.3 is 56.9 Å². The van der Waals surface area contributed by atoms with Crippen molar-refractivity contribution in [2.24, 2.45) is 0 Å². The second-order valence-electron chi connectivity index (χ2n) is 8.21. The minimum absolute atomic E-state index is 0. The van der Waals surface area contributed by atoms with Gasteiger partial charge in [0.1, 0.15) is 39.3 Å². The van der Waals surface area contributed by atoms with E-state index in [0.717, 1.165) is 0 Å². The Bertz CT molecular complexity index is 273.